The van der Waals surface area contributed by atoms with E-state index in [9.17, 15) is 4.79 Å². The van der Waals surface area contributed by atoms with Gasteiger partial charge in [0.05, 0.1) is 12.1 Å². The summed E-state index contributed by atoms with van der Waals surface area (Å²) in [6.45, 7) is 2.26. The van der Waals surface area contributed by atoms with Crippen LogP contribution in [0.1, 0.15) is 89.5 Å². The summed E-state index contributed by atoms with van der Waals surface area (Å²) in [5.41, 5.74) is 13.2. The second kappa shape index (κ2) is 14.9. The molecule has 0 heterocycles. The molecule has 3 nitrogen and oxygen atoms in total. The van der Waals surface area contributed by atoms with Crippen LogP contribution >= 0.6 is 0 Å². The summed E-state index contributed by atoms with van der Waals surface area (Å²) in [6, 6.07) is 9.02. The maximum Gasteiger partial charge on any atom is 0.166 e. The average molecular weight is 361 g/mol. The van der Waals surface area contributed by atoms with Gasteiger partial charge in [-0.3, -0.25) is 4.79 Å². The zero-order valence-corrected chi connectivity index (χ0v) is 16.8. The fourth-order valence-electron chi connectivity index (χ4n) is 3.41. The van der Waals surface area contributed by atoms with Crippen molar-refractivity contribution in [3.63, 3.8) is 0 Å². The minimum Gasteiger partial charge on any atom is -0.321 e. The van der Waals surface area contributed by atoms with E-state index in [1.54, 1.807) is 0 Å². The molecule has 0 aliphatic rings. The van der Waals surface area contributed by atoms with Gasteiger partial charge >= 0.3 is 0 Å². The van der Waals surface area contributed by atoms with Crippen molar-refractivity contribution in [2.75, 3.05) is 0 Å². The summed E-state index contributed by atoms with van der Waals surface area (Å²) < 4.78 is 0. The Balaban J connectivity index is 2.01. The van der Waals surface area contributed by atoms with E-state index >= 15 is 0 Å². The fraction of sp³-hybridized carbons (Fsp3) is 0.696. The van der Waals surface area contributed by atoms with E-state index in [-0.39, 0.29) is 5.78 Å². The normalized spacial score (nSPS) is 13.5. The number of hydrogen-bond acceptors (Lipinski definition) is 3. The number of nitrogens with two attached hydrogens (primary N) is 2. The van der Waals surface area contributed by atoms with Gasteiger partial charge in [0.15, 0.2) is 5.78 Å². The minimum atomic E-state index is -0.486. The number of carbonyl (C=O) groups is 1. The van der Waals surface area contributed by atoms with Crippen LogP contribution < -0.4 is 11.5 Å². The Bertz CT molecular complexity index is 461. The molecule has 0 radical (unpaired) electrons. The lowest BCUT2D eigenvalue weighted by Crippen LogP contribution is -2.44. The molecule has 4 N–H and O–H groups in total. The van der Waals surface area contributed by atoms with Crippen molar-refractivity contribution in [3.8, 4) is 0 Å². The summed E-state index contributed by atoms with van der Waals surface area (Å²) in [7, 11) is 0. The second-order valence-corrected chi connectivity index (χ2v) is 7.63. The van der Waals surface area contributed by atoms with Crippen LogP contribution in [-0.2, 0) is 11.2 Å². The van der Waals surface area contributed by atoms with E-state index in [1.165, 1.54) is 64.2 Å². The highest BCUT2D eigenvalue weighted by Crippen LogP contribution is 2.13. The minimum absolute atomic E-state index is 0.000863. The third-order valence-electron chi connectivity index (χ3n) is 5.15. The van der Waals surface area contributed by atoms with Gasteiger partial charge in [-0.25, -0.2) is 0 Å². The summed E-state index contributed by atoms with van der Waals surface area (Å²) in [5.74, 6) is 0.000863. The van der Waals surface area contributed by atoms with Crippen molar-refractivity contribution in [2.24, 2.45) is 11.5 Å². The molecule has 148 valence electrons. The number of ketones is 1. The molecule has 3 heteroatoms. The molecule has 0 bridgehead atoms. The topological polar surface area (TPSA) is 69.1 Å². The van der Waals surface area contributed by atoms with Crippen molar-refractivity contribution in [1.29, 1.82) is 0 Å². The molecule has 0 amide bonds. The van der Waals surface area contributed by atoms with Crippen molar-refractivity contribution in [3.05, 3.63) is 35.9 Å². The molecule has 0 aliphatic carbocycles. The summed E-state index contributed by atoms with van der Waals surface area (Å²) in [6.07, 6.45) is 15.7. The highest BCUT2D eigenvalue weighted by atomic mass is 16.1. The molecule has 1 unspecified atom stereocenters. The number of unbranched alkanes of at least 4 members (excludes halogenated alkanes) is 10. The molecule has 0 saturated carbocycles. The third kappa shape index (κ3) is 10.7. The van der Waals surface area contributed by atoms with E-state index in [0.29, 0.717) is 6.42 Å². The maximum atomic E-state index is 12.3. The lowest BCUT2D eigenvalue weighted by Gasteiger charge is -2.16. The SMILES string of the molecule is CCCCCCCCCCCCCC(N)C(=O)[C@@H](N)Cc1ccccc1. The maximum absolute atomic E-state index is 12.3. The van der Waals surface area contributed by atoms with Crippen LogP contribution in [0, 0.1) is 0 Å². The first-order valence-corrected chi connectivity index (χ1v) is 10.7. The van der Waals surface area contributed by atoms with Crippen LogP contribution in [0.2, 0.25) is 0 Å². The average Bonchev–Trinajstić information content (AvgIpc) is 2.66. The Labute approximate surface area is 160 Å². The van der Waals surface area contributed by atoms with E-state index in [0.717, 1.165) is 18.4 Å². The molecular formula is C23H40N2O. The zero-order chi connectivity index (χ0) is 19.0. The Morgan fingerprint density at radius 2 is 1.27 bits per heavy atom. The van der Waals surface area contributed by atoms with Gasteiger partial charge in [0, 0.05) is 0 Å². The van der Waals surface area contributed by atoms with Crippen LogP contribution in [0.4, 0.5) is 0 Å². The molecular weight excluding hydrogens is 320 g/mol. The van der Waals surface area contributed by atoms with Crippen molar-refractivity contribution < 1.29 is 4.79 Å². The van der Waals surface area contributed by atoms with Gasteiger partial charge in [0.1, 0.15) is 0 Å². The van der Waals surface area contributed by atoms with E-state index in [2.05, 4.69) is 6.92 Å². The van der Waals surface area contributed by atoms with Gasteiger partial charge in [-0.2, -0.15) is 0 Å². The van der Waals surface area contributed by atoms with Gasteiger partial charge < -0.3 is 11.5 Å². The van der Waals surface area contributed by atoms with Gasteiger partial charge in [0.2, 0.25) is 0 Å². The van der Waals surface area contributed by atoms with E-state index in [1.807, 2.05) is 30.3 Å². The largest absolute Gasteiger partial charge is 0.321 e. The van der Waals surface area contributed by atoms with Gasteiger partial charge in [-0.05, 0) is 18.4 Å². The van der Waals surface area contributed by atoms with Crippen LogP contribution in [0.3, 0.4) is 0 Å². The first kappa shape index (κ1) is 22.9. The molecule has 1 aromatic rings. The molecule has 0 saturated heterocycles. The first-order valence-electron chi connectivity index (χ1n) is 10.7. The first-order chi connectivity index (χ1) is 12.6. The van der Waals surface area contributed by atoms with Gasteiger partial charge in [-0.15, -0.1) is 0 Å². The van der Waals surface area contributed by atoms with Gasteiger partial charge in [-0.1, -0.05) is 108 Å². The Kier molecular flexibility index (Phi) is 13.1. The third-order valence-corrected chi connectivity index (χ3v) is 5.15. The lowest BCUT2D eigenvalue weighted by atomic mass is 9.95. The highest BCUT2D eigenvalue weighted by molar-refractivity contribution is 5.88. The number of carbonyl (C=O) groups excluding carboxylic acids is 1. The standard InChI is InChI=1S/C23H40N2O/c1-2-3-4-5-6-7-8-9-10-11-15-18-21(24)23(26)22(25)19-20-16-13-12-14-17-20/h12-14,16-17,21-22H,2-11,15,18-19,24-25H2,1H3/t21?,22-/m0/s1. The Hall–Kier alpha value is -1.19. The molecule has 0 spiro atoms. The number of Topliss-reactive ketones (excluding diaryl/α,β-unsaturated/α-hetero) is 1. The monoisotopic (exact) mass is 360 g/mol. The molecule has 0 aliphatic heterocycles. The van der Waals surface area contributed by atoms with E-state index in [4.69, 9.17) is 11.5 Å². The highest BCUT2D eigenvalue weighted by Gasteiger charge is 2.20. The number of hydrogen-bond donors (Lipinski definition) is 2. The molecule has 0 fully saturated rings. The smallest absolute Gasteiger partial charge is 0.166 e. The second-order valence-electron chi connectivity index (χ2n) is 7.63. The molecule has 2 atom stereocenters. The van der Waals surface area contributed by atoms with Crippen LogP contribution in [0.15, 0.2) is 30.3 Å². The summed E-state index contributed by atoms with van der Waals surface area (Å²) in [5, 5.41) is 0. The molecule has 0 aromatic heterocycles. The molecule has 1 rings (SSSR count). The molecule has 1 aromatic carbocycles. The summed E-state index contributed by atoms with van der Waals surface area (Å²) >= 11 is 0. The zero-order valence-electron chi connectivity index (χ0n) is 16.8. The van der Waals surface area contributed by atoms with Crippen LogP contribution in [-0.4, -0.2) is 17.9 Å². The van der Waals surface area contributed by atoms with Crippen molar-refractivity contribution >= 4 is 5.78 Å². The van der Waals surface area contributed by atoms with E-state index < -0.39 is 12.1 Å². The molecule has 26 heavy (non-hydrogen) atoms. The predicted octanol–water partition coefficient (Wildman–Crippen LogP) is 5.15. The lowest BCUT2D eigenvalue weighted by molar-refractivity contribution is -0.121. The predicted molar refractivity (Wildman–Crippen MR) is 112 cm³/mol. The quantitative estimate of drug-likeness (QED) is 0.400. The number of benzene rings is 1. The fourth-order valence-corrected chi connectivity index (χ4v) is 3.41. The Morgan fingerprint density at radius 3 is 1.81 bits per heavy atom. The van der Waals surface area contributed by atoms with Crippen molar-refractivity contribution in [1.82, 2.24) is 0 Å². The van der Waals surface area contributed by atoms with Gasteiger partial charge in [0.25, 0.3) is 0 Å². The summed E-state index contributed by atoms with van der Waals surface area (Å²) in [4.78, 5) is 12.3. The number of rotatable bonds is 16. The van der Waals surface area contributed by atoms with Crippen LogP contribution in [0.25, 0.3) is 0 Å². The van der Waals surface area contributed by atoms with Crippen LogP contribution in [0.5, 0.6) is 0 Å². The Morgan fingerprint density at radius 1 is 0.769 bits per heavy atom. The van der Waals surface area contributed by atoms with Crippen molar-refractivity contribution in [2.45, 2.75) is 102 Å².